The monoisotopic (exact) mass is 580 g/mol. The van der Waals surface area contributed by atoms with Crippen LogP contribution in [0.1, 0.15) is 28.6 Å². The smallest absolute Gasteiger partial charge is 0.161 e. The molecular formula is C40H28N4O. The maximum Gasteiger partial charge on any atom is 0.161 e. The van der Waals surface area contributed by atoms with Crippen molar-refractivity contribution in [3.8, 4) is 11.1 Å². The number of benzene rings is 6. The van der Waals surface area contributed by atoms with E-state index >= 15 is 0 Å². The molecule has 0 bridgehead atoms. The Morgan fingerprint density at radius 2 is 1.40 bits per heavy atom. The average molecular weight is 581 g/mol. The van der Waals surface area contributed by atoms with Gasteiger partial charge in [-0.05, 0) is 62.5 Å². The SMILES string of the molecule is C1=C(C2=NC(c3ccc4ccccc4c3)NC(c3cc(-c4ccccc4)c4ccccc4c3)=N2)c2c(oc3ccccc23)CN1. The molecule has 45 heavy (non-hydrogen) atoms. The fraction of sp³-hybridized carbons (Fsp3) is 0.0500. The number of fused-ring (bicyclic) bond motifs is 5. The molecule has 0 radical (unpaired) electrons. The lowest BCUT2D eigenvalue weighted by Gasteiger charge is -2.26. The summed E-state index contributed by atoms with van der Waals surface area (Å²) in [7, 11) is 0. The van der Waals surface area contributed by atoms with Crippen LogP contribution in [0.15, 0.2) is 154 Å². The zero-order valence-electron chi connectivity index (χ0n) is 24.4. The van der Waals surface area contributed by atoms with E-state index in [0.29, 0.717) is 12.4 Å². The van der Waals surface area contributed by atoms with Gasteiger partial charge in [0, 0.05) is 28.3 Å². The third kappa shape index (κ3) is 4.40. The minimum atomic E-state index is -0.340. The molecule has 3 heterocycles. The summed E-state index contributed by atoms with van der Waals surface area (Å²) in [6.45, 7) is 0.620. The summed E-state index contributed by atoms with van der Waals surface area (Å²) in [5.74, 6) is 2.34. The number of hydrogen-bond donors (Lipinski definition) is 2. The normalized spacial score (nSPS) is 16.0. The predicted molar refractivity (Wildman–Crippen MR) is 184 cm³/mol. The molecule has 9 rings (SSSR count). The molecule has 2 N–H and O–H groups in total. The number of nitrogens with one attached hydrogen (secondary N) is 2. The van der Waals surface area contributed by atoms with E-state index in [1.807, 2.05) is 18.3 Å². The molecule has 0 spiro atoms. The zero-order chi connectivity index (χ0) is 29.7. The van der Waals surface area contributed by atoms with Crippen LogP contribution >= 0.6 is 0 Å². The molecule has 0 fully saturated rings. The fourth-order valence-corrected chi connectivity index (χ4v) is 6.58. The van der Waals surface area contributed by atoms with Gasteiger partial charge in [-0.25, -0.2) is 9.98 Å². The molecule has 1 aromatic heterocycles. The van der Waals surface area contributed by atoms with E-state index in [0.717, 1.165) is 50.2 Å². The Morgan fingerprint density at radius 1 is 0.644 bits per heavy atom. The van der Waals surface area contributed by atoms with Gasteiger partial charge in [-0.3, -0.25) is 0 Å². The van der Waals surface area contributed by atoms with Crippen LogP contribution in [0.3, 0.4) is 0 Å². The van der Waals surface area contributed by atoms with Crippen molar-refractivity contribution < 1.29 is 4.42 Å². The van der Waals surface area contributed by atoms with Crippen molar-refractivity contribution in [3.63, 3.8) is 0 Å². The van der Waals surface area contributed by atoms with Crippen LogP contribution in [0.25, 0.3) is 49.2 Å². The quantitative estimate of drug-likeness (QED) is 0.218. The molecule has 2 aliphatic rings. The predicted octanol–water partition coefficient (Wildman–Crippen LogP) is 9.00. The van der Waals surface area contributed by atoms with Gasteiger partial charge < -0.3 is 15.1 Å². The second-order valence-electron chi connectivity index (χ2n) is 11.5. The van der Waals surface area contributed by atoms with Crippen LogP contribution in [0.5, 0.6) is 0 Å². The maximum absolute atomic E-state index is 6.27. The zero-order valence-corrected chi connectivity index (χ0v) is 24.4. The van der Waals surface area contributed by atoms with Gasteiger partial charge in [0.1, 0.15) is 23.3 Å². The van der Waals surface area contributed by atoms with Gasteiger partial charge in [0.05, 0.1) is 6.54 Å². The first kappa shape index (κ1) is 25.5. The number of amidine groups is 2. The molecular weight excluding hydrogens is 552 g/mol. The van der Waals surface area contributed by atoms with E-state index in [1.165, 1.54) is 27.3 Å². The number of hydrogen-bond acceptors (Lipinski definition) is 5. The highest BCUT2D eigenvalue weighted by Crippen LogP contribution is 2.37. The molecule has 5 heteroatoms. The highest BCUT2D eigenvalue weighted by Gasteiger charge is 2.28. The number of furan rings is 1. The Morgan fingerprint density at radius 3 is 2.29 bits per heavy atom. The van der Waals surface area contributed by atoms with Crippen molar-refractivity contribution in [3.05, 3.63) is 162 Å². The molecule has 2 aliphatic heterocycles. The molecule has 0 aliphatic carbocycles. The van der Waals surface area contributed by atoms with Gasteiger partial charge in [0.15, 0.2) is 5.84 Å². The Bertz CT molecular complexity index is 2360. The third-order valence-corrected chi connectivity index (χ3v) is 8.74. The maximum atomic E-state index is 6.27. The highest BCUT2D eigenvalue weighted by molar-refractivity contribution is 6.30. The summed E-state index contributed by atoms with van der Waals surface area (Å²) in [6.07, 6.45) is 1.69. The Balaban J connectivity index is 1.24. The van der Waals surface area contributed by atoms with Gasteiger partial charge in [-0.15, -0.1) is 0 Å². The standard InChI is InChI=1S/C40H28N4O/c1-2-11-26(12-3-1)33-22-30(21-28-14-6-7-15-31(28)33)39-42-38(29-19-18-25-10-4-5-13-27(25)20-29)43-40(44-39)34-23-41-24-36-37(34)32-16-8-9-17-35(32)45-36/h1-23,38,41H,24H2,(H,42,43,44). The van der Waals surface area contributed by atoms with Crippen LogP contribution in [0.2, 0.25) is 0 Å². The van der Waals surface area contributed by atoms with E-state index < -0.39 is 0 Å². The van der Waals surface area contributed by atoms with Gasteiger partial charge in [0.25, 0.3) is 0 Å². The number of aliphatic imine (C=N–C) groups is 2. The van der Waals surface area contributed by atoms with Crippen molar-refractivity contribution in [2.75, 3.05) is 0 Å². The van der Waals surface area contributed by atoms with Crippen molar-refractivity contribution in [1.29, 1.82) is 0 Å². The van der Waals surface area contributed by atoms with E-state index in [4.69, 9.17) is 14.4 Å². The second kappa shape index (κ2) is 10.4. The van der Waals surface area contributed by atoms with Crippen LogP contribution < -0.4 is 10.6 Å². The van der Waals surface area contributed by atoms with Crippen molar-refractivity contribution >= 4 is 49.8 Å². The van der Waals surface area contributed by atoms with Crippen molar-refractivity contribution in [1.82, 2.24) is 10.6 Å². The van der Waals surface area contributed by atoms with E-state index in [-0.39, 0.29) is 6.17 Å². The molecule has 0 saturated carbocycles. The van der Waals surface area contributed by atoms with E-state index in [9.17, 15) is 0 Å². The third-order valence-electron chi connectivity index (χ3n) is 8.74. The van der Waals surface area contributed by atoms with Crippen molar-refractivity contribution in [2.45, 2.75) is 12.7 Å². The van der Waals surface area contributed by atoms with E-state index in [2.05, 4.69) is 132 Å². The molecule has 0 saturated heterocycles. The topological polar surface area (TPSA) is 61.9 Å². The molecule has 1 atom stereocenters. The van der Waals surface area contributed by atoms with Crippen LogP contribution in [0.4, 0.5) is 0 Å². The lowest BCUT2D eigenvalue weighted by Crippen LogP contribution is -2.34. The first-order valence-electron chi connectivity index (χ1n) is 15.2. The van der Waals surface area contributed by atoms with Crippen molar-refractivity contribution in [2.24, 2.45) is 9.98 Å². The number of para-hydroxylation sites is 1. The van der Waals surface area contributed by atoms with Gasteiger partial charge >= 0.3 is 0 Å². The van der Waals surface area contributed by atoms with E-state index in [1.54, 1.807) is 0 Å². The minimum absolute atomic E-state index is 0.340. The minimum Gasteiger partial charge on any atom is -0.459 e. The number of nitrogens with zero attached hydrogens (tertiary/aromatic N) is 2. The Hall–Kier alpha value is -5.94. The van der Waals surface area contributed by atoms with Crippen LogP contribution in [-0.4, -0.2) is 11.7 Å². The molecule has 1 unspecified atom stereocenters. The average Bonchev–Trinajstić information content (AvgIpc) is 3.50. The molecule has 214 valence electrons. The highest BCUT2D eigenvalue weighted by atomic mass is 16.3. The summed E-state index contributed by atoms with van der Waals surface area (Å²) in [5.41, 5.74) is 7.26. The lowest BCUT2D eigenvalue weighted by molar-refractivity contribution is 0.532. The van der Waals surface area contributed by atoms with Gasteiger partial charge in [-0.2, -0.15) is 0 Å². The molecule has 0 amide bonds. The first-order chi connectivity index (χ1) is 22.3. The Kier molecular flexibility index (Phi) is 5.88. The fourth-order valence-electron chi connectivity index (χ4n) is 6.58. The largest absolute Gasteiger partial charge is 0.459 e. The second-order valence-corrected chi connectivity index (χ2v) is 11.5. The lowest BCUT2D eigenvalue weighted by atomic mass is 9.94. The summed E-state index contributed by atoms with van der Waals surface area (Å²) in [6, 6.07) is 46.7. The summed E-state index contributed by atoms with van der Waals surface area (Å²) in [4.78, 5) is 10.5. The Labute approximate surface area is 260 Å². The van der Waals surface area contributed by atoms with Crippen LogP contribution in [0, 0.1) is 0 Å². The molecule has 7 aromatic rings. The number of rotatable bonds is 4. The van der Waals surface area contributed by atoms with Crippen LogP contribution in [-0.2, 0) is 6.54 Å². The first-order valence-corrected chi connectivity index (χ1v) is 15.2. The summed E-state index contributed by atoms with van der Waals surface area (Å²) < 4.78 is 6.27. The molecule has 5 nitrogen and oxygen atoms in total. The van der Waals surface area contributed by atoms with Gasteiger partial charge in [0.2, 0.25) is 0 Å². The molecule has 6 aromatic carbocycles. The summed E-state index contributed by atoms with van der Waals surface area (Å²) >= 11 is 0. The van der Waals surface area contributed by atoms with Gasteiger partial charge in [-0.1, -0.05) is 109 Å². The summed E-state index contributed by atoms with van der Waals surface area (Å²) in [5, 5.41) is 12.9.